The molecule has 0 saturated heterocycles. The lowest BCUT2D eigenvalue weighted by Gasteiger charge is -2.25. The number of ether oxygens (including phenoxy) is 1. The van der Waals surface area contributed by atoms with Gasteiger partial charge in [0.15, 0.2) is 11.5 Å². The van der Waals surface area contributed by atoms with Crippen LogP contribution in [0.2, 0.25) is 0 Å². The van der Waals surface area contributed by atoms with Gasteiger partial charge in [-0.15, -0.1) is 0 Å². The predicted molar refractivity (Wildman–Crippen MR) is 121 cm³/mol. The van der Waals surface area contributed by atoms with Crippen molar-refractivity contribution in [2.45, 2.75) is 38.8 Å². The first-order valence-electron chi connectivity index (χ1n) is 10.6. The number of hydrogen-bond donors (Lipinski definition) is 1. The summed E-state index contributed by atoms with van der Waals surface area (Å²) in [5.74, 6) is -0.378. The maximum absolute atomic E-state index is 13.2. The van der Waals surface area contributed by atoms with Crippen LogP contribution in [-0.2, 0) is 16.0 Å². The highest BCUT2D eigenvalue weighted by Gasteiger charge is 2.45. The Morgan fingerprint density at radius 3 is 2.41 bits per heavy atom. The number of ketones is 1. The lowest BCUT2D eigenvalue weighted by atomic mass is 9.96. The SMILES string of the molecule is CC(C)Oc1ccc(N2C(=O)C(O)=C(C(=O)CCc3ccccc3)C2c2ccco2)cc1. The monoisotopic (exact) mass is 431 g/mol. The molecule has 1 unspecified atom stereocenters. The molecule has 32 heavy (non-hydrogen) atoms. The van der Waals surface area contributed by atoms with Gasteiger partial charge in [-0.05, 0) is 62.2 Å². The van der Waals surface area contributed by atoms with Crippen molar-refractivity contribution >= 4 is 17.4 Å². The fraction of sp³-hybridized carbons (Fsp3) is 0.231. The number of aryl methyl sites for hydroxylation is 1. The molecule has 0 bridgehead atoms. The molecule has 0 aliphatic carbocycles. The number of Topliss-reactive ketones (excluding diaryl/α,β-unsaturated/α-hetero) is 1. The Labute approximate surface area is 186 Å². The Bertz CT molecular complexity index is 1110. The molecular weight excluding hydrogens is 406 g/mol. The fourth-order valence-electron chi connectivity index (χ4n) is 3.87. The number of aliphatic hydroxyl groups is 1. The third-order valence-corrected chi connectivity index (χ3v) is 5.29. The number of nitrogens with zero attached hydrogens (tertiary/aromatic N) is 1. The van der Waals surface area contributed by atoms with E-state index >= 15 is 0 Å². The summed E-state index contributed by atoms with van der Waals surface area (Å²) >= 11 is 0. The van der Waals surface area contributed by atoms with Crippen LogP contribution < -0.4 is 9.64 Å². The van der Waals surface area contributed by atoms with Gasteiger partial charge in [-0.3, -0.25) is 14.5 Å². The van der Waals surface area contributed by atoms with Crippen molar-refractivity contribution in [3.05, 3.63) is 95.6 Å². The molecule has 0 saturated carbocycles. The molecule has 0 radical (unpaired) electrons. The molecular formula is C26H25NO5. The van der Waals surface area contributed by atoms with E-state index < -0.39 is 17.7 Å². The molecule has 6 heteroatoms. The maximum atomic E-state index is 13.2. The van der Waals surface area contributed by atoms with E-state index in [9.17, 15) is 14.7 Å². The van der Waals surface area contributed by atoms with Gasteiger partial charge in [0.05, 0.1) is 17.9 Å². The van der Waals surface area contributed by atoms with Gasteiger partial charge in [0, 0.05) is 12.1 Å². The zero-order valence-electron chi connectivity index (χ0n) is 18.0. The van der Waals surface area contributed by atoms with Gasteiger partial charge in [0.1, 0.15) is 17.6 Å². The van der Waals surface area contributed by atoms with Crippen LogP contribution >= 0.6 is 0 Å². The Hall–Kier alpha value is -3.80. The molecule has 164 valence electrons. The molecule has 1 aliphatic rings. The summed E-state index contributed by atoms with van der Waals surface area (Å²) < 4.78 is 11.2. The van der Waals surface area contributed by atoms with Gasteiger partial charge in [-0.2, -0.15) is 0 Å². The quantitative estimate of drug-likeness (QED) is 0.532. The highest BCUT2D eigenvalue weighted by atomic mass is 16.5. The summed E-state index contributed by atoms with van der Waals surface area (Å²) in [7, 11) is 0. The van der Waals surface area contributed by atoms with Crippen molar-refractivity contribution in [3.8, 4) is 5.75 Å². The minimum absolute atomic E-state index is 0.0182. The summed E-state index contributed by atoms with van der Waals surface area (Å²) in [6.45, 7) is 3.86. The number of amides is 1. The van der Waals surface area contributed by atoms with Crippen LogP contribution in [0.5, 0.6) is 5.75 Å². The fourth-order valence-corrected chi connectivity index (χ4v) is 3.87. The lowest BCUT2D eigenvalue weighted by molar-refractivity contribution is -0.118. The standard InChI is InChI=1S/C26H25NO5/c1-17(2)32-20-13-11-19(12-14-20)27-24(22-9-6-16-31-22)23(25(29)26(27)30)21(28)15-10-18-7-4-3-5-8-18/h3-9,11-14,16-17,24,29H,10,15H2,1-2H3. The van der Waals surface area contributed by atoms with Gasteiger partial charge < -0.3 is 14.3 Å². The summed E-state index contributed by atoms with van der Waals surface area (Å²) in [5, 5.41) is 10.7. The van der Waals surface area contributed by atoms with Gasteiger partial charge in [0.25, 0.3) is 5.91 Å². The van der Waals surface area contributed by atoms with Gasteiger partial charge >= 0.3 is 0 Å². The number of anilines is 1. The number of furan rings is 1. The molecule has 6 nitrogen and oxygen atoms in total. The van der Waals surface area contributed by atoms with E-state index in [1.54, 1.807) is 36.4 Å². The summed E-state index contributed by atoms with van der Waals surface area (Å²) in [6.07, 6.45) is 2.18. The number of carbonyl (C=O) groups excluding carboxylic acids is 2. The largest absolute Gasteiger partial charge is 0.503 e. The van der Waals surface area contributed by atoms with E-state index in [2.05, 4.69) is 0 Å². The van der Waals surface area contributed by atoms with Crippen molar-refractivity contribution in [1.29, 1.82) is 0 Å². The number of benzene rings is 2. The predicted octanol–water partition coefficient (Wildman–Crippen LogP) is 5.17. The van der Waals surface area contributed by atoms with Crippen molar-refractivity contribution in [1.82, 2.24) is 0 Å². The second kappa shape index (κ2) is 9.14. The zero-order chi connectivity index (χ0) is 22.7. The first kappa shape index (κ1) is 21.4. The second-order valence-corrected chi connectivity index (χ2v) is 7.92. The number of hydrogen-bond acceptors (Lipinski definition) is 5. The second-order valence-electron chi connectivity index (χ2n) is 7.92. The van der Waals surface area contributed by atoms with Crippen LogP contribution in [0.25, 0.3) is 0 Å². The van der Waals surface area contributed by atoms with Crippen LogP contribution in [0.4, 0.5) is 5.69 Å². The van der Waals surface area contributed by atoms with Crippen molar-refractivity contribution in [2.24, 2.45) is 0 Å². The molecule has 1 aliphatic heterocycles. The van der Waals surface area contributed by atoms with E-state index in [4.69, 9.17) is 9.15 Å². The van der Waals surface area contributed by atoms with Crippen molar-refractivity contribution < 1.29 is 23.8 Å². The first-order valence-corrected chi connectivity index (χ1v) is 10.6. The highest BCUT2D eigenvalue weighted by Crippen LogP contribution is 2.42. The van der Waals surface area contributed by atoms with Crippen molar-refractivity contribution in [3.63, 3.8) is 0 Å². The van der Waals surface area contributed by atoms with Gasteiger partial charge in [-0.1, -0.05) is 30.3 Å². The Balaban J connectivity index is 1.64. The van der Waals surface area contributed by atoms with E-state index in [1.165, 1.54) is 11.2 Å². The average Bonchev–Trinajstić information content (AvgIpc) is 3.40. The Morgan fingerprint density at radius 2 is 1.78 bits per heavy atom. The Morgan fingerprint density at radius 1 is 1.06 bits per heavy atom. The van der Waals surface area contributed by atoms with Gasteiger partial charge in [-0.25, -0.2) is 0 Å². The highest BCUT2D eigenvalue weighted by molar-refractivity contribution is 6.16. The Kier molecular flexibility index (Phi) is 6.12. The third kappa shape index (κ3) is 4.30. The van der Waals surface area contributed by atoms with E-state index in [0.29, 0.717) is 23.6 Å². The average molecular weight is 431 g/mol. The van der Waals surface area contributed by atoms with Crippen LogP contribution in [0, 0.1) is 0 Å². The zero-order valence-corrected chi connectivity index (χ0v) is 18.0. The topological polar surface area (TPSA) is 80.0 Å². The summed E-state index contributed by atoms with van der Waals surface area (Å²) in [4.78, 5) is 27.6. The minimum Gasteiger partial charge on any atom is -0.503 e. The molecule has 1 N–H and O–H groups in total. The number of rotatable bonds is 8. The number of carbonyl (C=O) groups is 2. The molecule has 2 heterocycles. The van der Waals surface area contributed by atoms with E-state index in [1.807, 2.05) is 44.2 Å². The van der Waals surface area contributed by atoms with Crippen LogP contribution in [0.15, 0.2) is 88.7 Å². The van der Waals surface area contributed by atoms with Crippen LogP contribution in [0.3, 0.4) is 0 Å². The van der Waals surface area contributed by atoms with E-state index in [0.717, 1.165) is 5.56 Å². The third-order valence-electron chi connectivity index (χ3n) is 5.29. The smallest absolute Gasteiger partial charge is 0.294 e. The molecule has 1 atom stereocenters. The molecule has 2 aromatic carbocycles. The molecule has 0 fully saturated rings. The molecule has 3 aromatic rings. The van der Waals surface area contributed by atoms with Gasteiger partial charge in [0.2, 0.25) is 0 Å². The van der Waals surface area contributed by atoms with Crippen molar-refractivity contribution in [2.75, 3.05) is 4.90 Å². The number of aliphatic hydroxyl groups excluding tert-OH is 1. The maximum Gasteiger partial charge on any atom is 0.294 e. The molecule has 4 rings (SSSR count). The van der Waals surface area contributed by atoms with E-state index in [-0.39, 0.29) is 23.9 Å². The molecule has 0 spiro atoms. The molecule has 1 aromatic heterocycles. The van der Waals surface area contributed by atoms with Crippen LogP contribution in [0.1, 0.15) is 37.6 Å². The normalized spacial score (nSPS) is 16.2. The van der Waals surface area contributed by atoms with Crippen LogP contribution in [-0.4, -0.2) is 22.9 Å². The molecule has 1 amide bonds. The summed E-state index contributed by atoms with van der Waals surface area (Å²) in [5.41, 5.74) is 1.60. The minimum atomic E-state index is -0.836. The lowest BCUT2D eigenvalue weighted by Crippen LogP contribution is -2.30. The first-order chi connectivity index (χ1) is 15.5. The summed E-state index contributed by atoms with van der Waals surface area (Å²) in [6, 6.07) is 19.2.